The Hall–Kier alpha value is -2.17. The molecule has 2 aromatic rings. The van der Waals surface area contributed by atoms with Gasteiger partial charge in [0, 0.05) is 37.3 Å². The number of hydrogen-bond donors (Lipinski definition) is 1. The van der Waals surface area contributed by atoms with Gasteiger partial charge in [0.05, 0.1) is 0 Å². The Labute approximate surface area is 135 Å². The maximum Gasteiger partial charge on any atom is 0.223 e. The summed E-state index contributed by atoms with van der Waals surface area (Å²) in [6.07, 6.45) is 5.74. The molecule has 5 heteroatoms. The molecule has 0 radical (unpaired) electrons. The minimum atomic E-state index is -0.227. The molecule has 1 heterocycles. The number of nitrogens with one attached hydrogen (secondary N) is 1. The summed E-state index contributed by atoms with van der Waals surface area (Å²) in [5.41, 5.74) is 2.10. The van der Waals surface area contributed by atoms with Crippen molar-refractivity contribution < 1.29 is 9.18 Å². The van der Waals surface area contributed by atoms with Gasteiger partial charge < -0.3 is 9.88 Å². The zero-order valence-corrected chi connectivity index (χ0v) is 13.4. The second-order valence-corrected chi connectivity index (χ2v) is 6.20. The first-order chi connectivity index (χ1) is 11.1. The van der Waals surface area contributed by atoms with Crippen LogP contribution in [0.15, 0.2) is 30.5 Å². The van der Waals surface area contributed by atoms with Gasteiger partial charge in [-0.25, -0.2) is 9.37 Å². The van der Waals surface area contributed by atoms with Crippen LogP contribution in [-0.2, 0) is 17.8 Å². The number of benzene rings is 1. The van der Waals surface area contributed by atoms with Crippen LogP contribution in [0.4, 0.5) is 4.39 Å². The summed E-state index contributed by atoms with van der Waals surface area (Å²) in [5.74, 6) is 1.11. The largest absolute Gasteiger partial charge is 0.355 e. The number of carbonyl (C=O) groups is 1. The van der Waals surface area contributed by atoms with Crippen LogP contribution in [0.25, 0.3) is 0 Å². The normalized spacial score (nSPS) is 14.5. The van der Waals surface area contributed by atoms with Crippen LogP contribution in [0.1, 0.15) is 36.3 Å². The molecule has 23 heavy (non-hydrogen) atoms. The van der Waals surface area contributed by atoms with Crippen molar-refractivity contribution in [2.24, 2.45) is 5.92 Å². The quantitative estimate of drug-likeness (QED) is 0.891. The summed E-state index contributed by atoms with van der Waals surface area (Å²) in [6.45, 7) is 3.28. The lowest BCUT2D eigenvalue weighted by molar-refractivity contribution is -0.127. The lowest BCUT2D eigenvalue weighted by Gasteiger charge is -2.24. The zero-order chi connectivity index (χ0) is 16.2. The van der Waals surface area contributed by atoms with E-state index in [0.717, 1.165) is 29.9 Å². The molecule has 4 nitrogen and oxygen atoms in total. The van der Waals surface area contributed by atoms with Gasteiger partial charge in [0.1, 0.15) is 11.6 Å². The Morgan fingerprint density at radius 3 is 2.74 bits per heavy atom. The molecule has 122 valence electrons. The monoisotopic (exact) mass is 315 g/mol. The SMILES string of the molecule is Cc1cnc(CCNC(=O)C2CCC2)n1Cc1ccc(F)cc1. The summed E-state index contributed by atoms with van der Waals surface area (Å²) in [6, 6.07) is 6.52. The van der Waals surface area contributed by atoms with Gasteiger partial charge in [0.15, 0.2) is 0 Å². The molecule has 1 aromatic carbocycles. The van der Waals surface area contributed by atoms with Crippen molar-refractivity contribution in [3.63, 3.8) is 0 Å². The van der Waals surface area contributed by atoms with Crippen LogP contribution in [-0.4, -0.2) is 22.0 Å². The molecule has 1 aliphatic carbocycles. The predicted molar refractivity (Wildman–Crippen MR) is 86.5 cm³/mol. The molecule has 0 spiro atoms. The van der Waals surface area contributed by atoms with Crippen LogP contribution >= 0.6 is 0 Å². The van der Waals surface area contributed by atoms with Crippen molar-refractivity contribution in [1.29, 1.82) is 0 Å². The van der Waals surface area contributed by atoms with Crippen LogP contribution in [0.5, 0.6) is 0 Å². The lowest BCUT2D eigenvalue weighted by atomic mass is 9.85. The number of amides is 1. The minimum Gasteiger partial charge on any atom is -0.355 e. The topological polar surface area (TPSA) is 46.9 Å². The highest BCUT2D eigenvalue weighted by molar-refractivity contribution is 5.79. The van der Waals surface area contributed by atoms with E-state index in [1.165, 1.54) is 18.6 Å². The van der Waals surface area contributed by atoms with E-state index in [1.807, 2.05) is 13.1 Å². The number of halogens is 1. The summed E-state index contributed by atoms with van der Waals surface area (Å²) in [4.78, 5) is 16.3. The summed E-state index contributed by atoms with van der Waals surface area (Å²) >= 11 is 0. The van der Waals surface area contributed by atoms with Crippen LogP contribution in [0.3, 0.4) is 0 Å². The fraction of sp³-hybridized carbons (Fsp3) is 0.444. The Morgan fingerprint density at radius 1 is 1.35 bits per heavy atom. The molecule has 1 aromatic heterocycles. The Kier molecular flexibility index (Phi) is 4.74. The highest BCUT2D eigenvalue weighted by atomic mass is 19.1. The van der Waals surface area contributed by atoms with Gasteiger partial charge >= 0.3 is 0 Å². The van der Waals surface area contributed by atoms with Gasteiger partial charge in [-0.05, 0) is 37.5 Å². The van der Waals surface area contributed by atoms with Crippen LogP contribution in [0.2, 0.25) is 0 Å². The van der Waals surface area contributed by atoms with E-state index < -0.39 is 0 Å². The summed E-state index contributed by atoms with van der Waals surface area (Å²) < 4.78 is 15.1. The Morgan fingerprint density at radius 2 is 2.09 bits per heavy atom. The second kappa shape index (κ2) is 6.94. The van der Waals surface area contributed by atoms with Gasteiger partial charge in [0.25, 0.3) is 0 Å². The van der Waals surface area contributed by atoms with Gasteiger partial charge in [-0.15, -0.1) is 0 Å². The molecule has 1 fully saturated rings. The van der Waals surface area contributed by atoms with Crippen molar-refractivity contribution in [2.75, 3.05) is 6.54 Å². The molecule has 0 saturated heterocycles. The Balaban J connectivity index is 1.59. The van der Waals surface area contributed by atoms with E-state index >= 15 is 0 Å². The minimum absolute atomic E-state index is 0.171. The molecular formula is C18H22FN3O. The van der Waals surface area contributed by atoms with Crippen molar-refractivity contribution in [3.8, 4) is 0 Å². The standard InChI is InChI=1S/C18H22FN3O/c1-13-11-21-17(9-10-20-18(23)15-3-2-4-15)22(13)12-14-5-7-16(19)8-6-14/h5-8,11,15H,2-4,9-10,12H2,1H3,(H,20,23). The highest BCUT2D eigenvalue weighted by Gasteiger charge is 2.24. The fourth-order valence-electron chi connectivity index (χ4n) is 2.81. The van der Waals surface area contributed by atoms with Crippen molar-refractivity contribution >= 4 is 5.91 Å². The lowest BCUT2D eigenvalue weighted by Crippen LogP contribution is -2.35. The number of carbonyl (C=O) groups excluding carboxylic acids is 1. The summed E-state index contributed by atoms with van der Waals surface area (Å²) in [5, 5.41) is 3.00. The van der Waals surface area contributed by atoms with Gasteiger partial charge in [0.2, 0.25) is 5.91 Å². The molecule has 0 atom stereocenters. The number of hydrogen-bond acceptors (Lipinski definition) is 2. The van der Waals surface area contributed by atoms with E-state index in [-0.39, 0.29) is 17.6 Å². The average Bonchev–Trinajstić information content (AvgIpc) is 2.81. The van der Waals surface area contributed by atoms with Crippen molar-refractivity contribution in [3.05, 3.63) is 53.4 Å². The second-order valence-electron chi connectivity index (χ2n) is 6.20. The van der Waals surface area contributed by atoms with Gasteiger partial charge in [-0.1, -0.05) is 18.6 Å². The van der Waals surface area contributed by atoms with Crippen LogP contribution in [0, 0.1) is 18.7 Å². The molecular weight excluding hydrogens is 293 g/mol. The van der Waals surface area contributed by atoms with Gasteiger partial charge in [-0.3, -0.25) is 4.79 Å². The molecule has 1 amide bonds. The third-order valence-corrected chi connectivity index (χ3v) is 4.52. The number of aromatic nitrogens is 2. The predicted octanol–water partition coefficient (Wildman–Crippen LogP) is 2.84. The fourth-order valence-corrected chi connectivity index (χ4v) is 2.81. The van der Waals surface area contributed by atoms with Crippen molar-refractivity contribution in [1.82, 2.24) is 14.9 Å². The number of rotatable bonds is 6. The molecule has 1 aliphatic rings. The molecule has 0 unspecified atom stereocenters. The Bertz CT molecular complexity index is 674. The zero-order valence-electron chi connectivity index (χ0n) is 13.4. The maximum absolute atomic E-state index is 13.0. The third-order valence-electron chi connectivity index (χ3n) is 4.52. The number of imidazole rings is 1. The molecule has 1 N–H and O–H groups in total. The van der Waals surface area contributed by atoms with Crippen LogP contribution < -0.4 is 5.32 Å². The molecule has 3 rings (SSSR count). The van der Waals surface area contributed by atoms with Crippen molar-refractivity contribution in [2.45, 2.75) is 39.2 Å². The van der Waals surface area contributed by atoms with E-state index in [1.54, 1.807) is 12.1 Å². The highest BCUT2D eigenvalue weighted by Crippen LogP contribution is 2.26. The number of aryl methyl sites for hydroxylation is 1. The first kappa shape index (κ1) is 15.7. The van der Waals surface area contributed by atoms with E-state index in [4.69, 9.17) is 0 Å². The van der Waals surface area contributed by atoms with E-state index in [9.17, 15) is 9.18 Å². The number of nitrogens with zero attached hydrogens (tertiary/aromatic N) is 2. The summed E-state index contributed by atoms with van der Waals surface area (Å²) in [7, 11) is 0. The molecule has 0 bridgehead atoms. The molecule has 0 aliphatic heterocycles. The average molecular weight is 315 g/mol. The van der Waals surface area contributed by atoms with Gasteiger partial charge in [-0.2, -0.15) is 0 Å². The third kappa shape index (κ3) is 3.78. The van der Waals surface area contributed by atoms with E-state index in [2.05, 4.69) is 14.9 Å². The maximum atomic E-state index is 13.0. The molecule has 1 saturated carbocycles. The van der Waals surface area contributed by atoms with E-state index in [0.29, 0.717) is 19.5 Å². The smallest absolute Gasteiger partial charge is 0.223 e. The first-order valence-electron chi connectivity index (χ1n) is 8.16. The first-order valence-corrected chi connectivity index (χ1v) is 8.16.